The second kappa shape index (κ2) is 6.11. The zero-order chi connectivity index (χ0) is 10.3. The molecule has 0 aromatic heterocycles. The molecule has 0 aliphatic carbocycles. The Labute approximate surface area is 80.8 Å². The van der Waals surface area contributed by atoms with E-state index in [1.54, 1.807) is 6.92 Å². The molecule has 1 N–H and O–H groups in total. The molecule has 3 heteroatoms. The molecule has 0 heterocycles. The minimum Gasteiger partial charge on any atom is -0.380 e. The van der Waals surface area contributed by atoms with Crippen LogP contribution in [0.2, 0.25) is 0 Å². The average molecular weight is 187 g/mol. The summed E-state index contributed by atoms with van der Waals surface area (Å²) >= 11 is 0. The fourth-order valence-electron chi connectivity index (χ4n) is 0.780. The van der Waals surface area contributed by atoms with Crippen LogP contribution >= 0.6 is 0 Å². The second-order valence-electron chi connectivity index (χ2n) is 3.91. The van der Waals surface area contributed by atoms with Crippen molar-refractivity contribution < 1.29 is 9.53 Å². The van der Waals surface area contributed by atoms with Crippen molar-refractivity contribution >= 4 is 5.78 Å². The number of nitrogens with one attached hydrogen (secondary N) is 1. The summed E-state index contributed by atoms with van der Waals surface area (Å²) in [6, 6.07) is 0. The van der Waals surface area contributed by atoms with E-state index in [1.165, 1.54) is 0 Å². The third kappa shape index (κ3) is 5.77. The van der Waals surface area contributed by atoms with Crippen molar-refractivity contribution in [3.63, 3.8) is 0 Å². The van der Waals surface area contributed by atoms with Crippen molar-refractivity contribution in [2.75, 3.05) is 26.8 Å². The molecule has 13 heavy (non-hydrogen) atoms. The van der Waals surface area contributed by atoms with E-state index in [9.17, 15) is 4.79 Å². The predicted molar refractivity (Wildman–Crippen MR) is 53.8 cm³/mol. The zero-order valence-corrected chi connectivity index (χ0v) is 9.14. The van der Waals surface area contributed by atoms with E-state index in [0.717, 1.165) is 13.0 Å². The average Bonchev–Trinajstić information content (AvgIpc) is 2.03. The van der Waals surface area contributed by atoms with Crippen LogP contribution in [-0.2, 0) is 9.53 Å². The van der Waals surface area contributed by atoms with Gasteiger partial charge in [0, 0.05) is 18.6 Å². The van der Waals surface area contributed by atoms with Gasteiger partial charge in [0.1, 0.15) is 5.78 Å². The number of ether oxygens (including phenoxy) is 1. The summed E-state index contributed by atoms with van der Waals surface area (Å²) in [6.45, 7) is 7.78. The lowest BCUT2D eigenvalue weighted by molar-refractivity contribution is -0.125. The van der Waals surface area contributed by atoms with Gasteiger partial charge in [-0.2, -0.15) is 0 Å². The molecule has 0 aliphatic rings. The van der Waals surface area contributed by atoms with Gasteiger partial charge in [-0.3, -0.25) is 4.79 Å². The van der Waals surface area contributed by atoms with Crippen LogP contribution in [-0.4, -0.2) is 32.6 Å². The molecule has 0 unspecified atom stereocenters. The van der Waals surface area contributed by atoms with E-state index in [0.29, 0.717) is 13.2 Å². The molecule has 78 valence electrons. The molecule has 0 aromatic carbocycles. The number of hydrogen-bond donors (Lipinski definition) is 1. The van der Waals surface area contributed by atoms with Gasteiger partial charge in [0.05, 0.1) is 6.61 Å². The number of ketones is 1. The Morgan fingerprint density at radius 3 is 2.46 bits per heavy atom. The molecule has 0 aromatic rings. The molecule has 0 radical (unpaired) electrons. The quantitative estimate of drug-likeness (QED) is 0.609. The summed E-state index contributed by atoms with van der Waals surface area (Å²) in [5, 5.41) is 3.00. The number of carbonyl (C=O) groups is 1. The number of carbonyl (C=O) groups excluding carboxylic acids is 1. The topological polar surface area (TPSA) is 38.3 Å². The lowest BCUT2D eigenvalue weighted by Gasteiger charge is -2.20. The van der Waals surface area contributed by atoms with Gasteiger partial charge in [-0.25, -0.2) is 0 Å². The predicted octanol–water partition coefficient (Wildman–Crippen LogP) is 1.23. The van der Waals surface area contributed by atoms with Crippen molar-refractivity contribution in [3.05, 3.63) is 0 Å². The molecular weight excluding hydrogens is 166 g/mol. The van der Waals surface area contributed by atoms with E-state index < -0.39 is 0 Å². The van der Waals surface area contributed by atoms with Crippen LogP contribution in [0.3, 0.4) is 0 Å². The van der Waals surface area contributed by atoms with Crippen LogP contribution in [0.5, 0.6) is 0 Å². The maximum Gasteiger partial charge on any atom is 0.135 e. The highest BCUT2D eigenvalue weighted by Crippen LogP contribution is 2.20. The first-order valence-electron chi connectivity index (χ1n) is 4.74. The van der Waals surface area contributed by atoms with Crippen LogP contribution in [0.15, 0.2) is 0 Å². The van der Waals surface area contributed by atoms with Gasteiger partial charge in [0.15, 0.2) is 0 Å². The van der Waals surface area contributed by atoms with Crippen molar-refractivity contribution in [2.45, 2.75) is 27.2 Å². The first kappa shape index (κ1) is 12.6. The second-order valence-corrected chi connectivity index (χ2v) is 3.91. The monoisotopic (exact) mass is 187 g/mol. The van der Waals surface area contributed by atoms with E-state index in [-0.39, 0.29) is 11.2 Å². The summed E-state index contributed by atoms with van der Waals surface area (Å²) < 4.78 is 5.35. The summed E-state index contributed by atoms with van der Waals surface area (Å²) in [5.74, 6) is 0.227. The van der Waals surface area contributed by atoms with Gasteiger partial charge in [0.25, 0.3) is 0 Å². The van der Waals surface area contributed by atoms with E-state index in [2.05, 4.69) is 5.32 Å². The van der Waals surface area contributed by atoms with Crippen LogP contribution in [0.1, 0.15) is 27.2 Å². The maximum atomic E-state index is 11.1. The summed E-state index contributed by atoms with van der Waals surface area (Å²) in [6.07, 6.45) is 0.798. The Balaban J connectivity index is 3.46. The molecule has 0 amide bonds. The molecule has 0 fully saturated rings. The number of Topliss-reactive ketones (excluding diaryl/α,β-unsaturated/α-hetero) is 1. The Bertz CT molecular complexity index is 155. The molecule has 3 nitrogen and oxygen atoms in total. The summed E-state index contributed by atoms with van der Waals surface area (Å²) in [4.78, 5) is 11.1. The van der Waals surface area contributed by atoms with Crippen molar-refractivity contribution in [2.24, 2.45) is 5.41 Å². The largest absolute Gasteiger partial charge is 0.380 e. The molecule has 0 atom stereocenters. The van der Waals surface area contributed by atoms with Crippen LogP contribution in [0.4, 0.5) is 0 Å². The highest BCUT2D eigenvalue weighted by Gasteiger charge is 2.22. The van der Waals surface area contributed by atoms with Gasteiger partial charge in [-0.05, 0) is 20.4 Å². The smallest absolute Gasteiger partial charge is 0.135 e. The highest BCUT2D eigenvalue weighted by molar-refractivity contribution is 5.81. The van der Waals surface area contributed by atoms with Gasteiger partial charge in [-0.1, -0.05) is 13.8 Å². The SMILES string of the molecule is CNCCOCCC(C)(C)C(C)=O. The number of likely N-dealkylation sites (N-methyl/N-ethyl adjacent to an activating group) is 1. The molecule has 0 rings (SSSR count). The van der Waals surface area contributed by atoms with Gasteiger partial charge in [0.2, 0.25) is 0 Å². The Morgan fingerprint density at radius 2 is 2.00 bits per heavy atom. The van der Waals surface area contributed by atoms with Gasteiger partial charge in [-0.15, -0.1) is 0 Å². The minimum absolute atomic E-state index is 0.227. The Morgan fingerprint density at radius 1 is 1.38 bits per heavy atom. The van der Waals surface area contributed by atoms with Crippen LogP contribution < -0.4 is 5.32 Å². The fourth-order valence-corrected chi connectivity index (χ4v) is 0.780. The molecule has 0 bridgehead atoms. The van der Waals surface area contributed by atoms with E-state index in [4.69, 9.17) is 4.74 Å². The van der Waals surface area contributed by atoms with Crippen LogP contribution in [0.25, 0.3) is 0 Å². The maximum absolute atomic E-state index is 11.1. The van der Waals surface area contributed by atoms with E-state index in [1.807, 2.05) is 20.9 Å². The van der Waals surface area contributed by atoms with Gasteiger partial charge < -0.3 is 10.1 Å². The molecular formula is C10H21NO2. The van der Waals surface area contributed by atoms with Gasteiger partial charge >= 0.3 is 0 Å². The van der Waals surface area contributed by atoms with Crippen LogP contribution in [0, 0.1) is 5.41 Å². The fraction of sp³-hybridized carbons (Fsp3) is 0.900. The first-order valence-corrected chi connectivity index (χ1v) is 4.74. The first-order chi connectivity index (χ1) is 6.00. The standard InChI is InChI=1S/C10H21NO2/c1-9(12)10(2,3)5-7-13-8-6-11-4/h11H,5-8H2,1-4H3. The molecule has 0 spiro atoms. The third-order valence-corrected chi connectivity index (χ3v) is 2.32. The lowest BCUT2D eigenvalue weighted by atomic mass is 9.86. The number of rotatable bonds is 7. The third-order valence-electron chi connectivity index (χ3n) is 2.32. The van der Waals surface area contributed by atoms with Crippen molar-refractivity contribution in [1.82, 2.24) is 5.32 Å². The Hall–Kier alpha value is -0.410. The minimum atomic E-state index is -0.236. The Kier molecular flexibility index (Phi) is 5.91. The molecule has 0 saturated carbocycles. The summed E-state index contributed by atoms with van der Waals surface area (Å²) in [7, 11) is 1.89. The lowest BCUT2D eigenvalue weighted by Crippen LogP contribution is -2.24. The zero-order valence-electron chi connectivity index (χ0n) is 9.14. The van der Waals surface area contributed by atoms with Crippen molar-refractivity contribution in [3.8, 4) is 0 Å². The number of hydrogen-bond acceptors (Lipinski definition) is 3. The van der Waals surface area contributed by atoms with Crippen molar-refractivity contribution in [1.29, 1.82) is 0 Å². The summed E-state index contributed by atoms with van der Waals surface area (Å²) in [5.41, 5.74) is -0.236. The molecule has 0 saturated heterocycles. The normalized spacial score (nSPS) is 11.7. The molecule has 0 aliphatic heterocycles. The highest BCUT2D eigenvalue weighted by atomic mass is 16.5. The van der Waals surface area contributed by atoms with E-state index >= 15 is 0 Å².